The van der Waals surface area contributed by atoms with Crippen molar-refractivity contribution in [1.29, 1.82) is 0 Å². The normalized spacial score (nSPS) is 15.5. The van der Waals surface area contributed by atoms with E-state index in [-0.39, 0.29) is 6.61 Å². The zero-order valence-corrected chi connectivity index (χ0v) is 14.0. The van der Waals surface area contributed by atoms with Crippen LogP contribution in [0.5, 0.6) is 0 Å². The molecule has 0 saturated heterocycles. The number of hydrogen-bond acceptors (Lipinski definition) is 3. The zero-order chi connectivity index (χ0) is 14.9. The highest BCUT2D eigenvalue weighted by atomic mass is 16.3. The van der Waals surface area contributed by atoms with Crippen molar-refractivity contribution in [2.45, 2.75) is 60.4 Å². The fourth-order valence-corrected chi connectivity index (χ4v) is 2.24. The van der Waals surface area contributed by atoms with E-state index in [1.807, 2.05) is 0 Å². The van der Waals surface area contributed by atoms with E-state index < -0.39 is 0 Å². The van der Waals surface area contributed by atoms with Gasteiger partial charge in [-0.1, -0.05) is 27.7 Å². The van der Waals surface area contributed by atoms with E-state index in [1.165, 1.54) is 6.42 Å². The predicted molar refractivity (Wildman–Crippen MR) is 84.5 cm³/mol. The third kappa shape index (κ3) is 8.61. The molecule has 2 N–H and O–H groups in total. The van der Waals surface area contributed by atoms with Crippen LogP contribution in [0.1, 0.15) is 54.4 Å². The minimum atomic E-state index is 0.289. The van der Waals surface area contributed by atoms with Crippen LogP contribution in [0.25, 0.3) is 0 Å². The molecule has 0 bridgehead atoms. The molecule has 1 unspecified atom stereocenters. The molecule has 19 heavy (non-hydrogen) atoms. The summed E-state index contributed by atoms with van der Waals surface area (Å²) in [7, 11) is 0. The molecule has 3 nitrogen and oxygen atoms in total. The van der Waals surface area contributed by atoms with Gasteiger partial charge in [-0.3, -0.25) is 0 Å². The molecule has 0 aromatic carbocycles. The minimum absolute atomic E-state index is 0.289. The quantitative estimate of drug-likeness (QED) is 0.607. The molecule has 0 radical (unpaired) electrons. The van der Waals surface area contributed by atoms with E-state index >= 15 is 0 Å². The van der Waals surface area contributed by atoms with E-state index in [0.29, 0.717) is 17.4 Å². The molecule has 0 aliphatic heterocycles. The van der Waals surface area contributed by atoms with Crippen molar-refractivity contribution < 1.29 is 5.11 Å². The number of rotatable bonds is 11. The summed E-state index contributed by atoms with van der Waals surface area (Å²) in [6.07, 6.45) is 2.05. The highest BCUT2D eigenvalue weighted by molar-refractivity contribution is 4.81. The second kappa shape index (κ2) is 9.73. The lowest BCUT2D eigenvalue weighted by Crippen LogP contribution is -2.45. The maximum atomic E-state index is 9.02. The van der Waals surface area contributed by atoms with Gasteiger partial charge in [0.2, 0.25) is 0 Å². The number of aliphatic hydroxyl groups is 1. The Morgan fingerprint density at radius 2 is 1.84 bits per heavy atom. The fourth-order valence-electron chi connectivity index (χ4n) is 2.24. The first kappa shape index (κ1) is 18.9. The Morgan fingerprint density at radius 1 is 1.21 bits per heavy atom. The smallest absolute Gasteiger partial charge is 0.0443 e. The molecule has 0 fully saturated rings. The van der Waals surface area contributed by atoms with Gasteiger partial charge in [0.05, 0.1) is 0 Å². The van der Waals surface area contributed by atoms with Crippen LogP contribution >= 0.6 is 0 Å². The predicted octanol–water partition coefficient (Wildman–Crippen LogP) is 2.74. The second-order valence-corrected chi connectivity index (χ2v) is 6.83. The molecule has 0 aliphatic carbocycles. The van der Waals surface area contributed by atoms with Crippen LogP contribution < -0.4 is 5.32 Å². The van der Waals surface area contributed by atoms with E-state index in [0.717, 1.165) is 32.6 Å². The monoisotopic (exact) mass is 272 g/mol. The summed E-state index contributed by atoms with van der Waals surface area (Å²) in [6, 6.07) is 0.544. The molecule has 0 spiro atoms. The maximum absolute atomic E-state index is 9.02. The van der Waals surface area contributed by atoms with E-state index in [9.17, 15) is 0 Å². The Morgan fingerprint density at radius 3 is 2.26 bits per heavy atom. The zero-order valence-electron chi connectivity index (χ0n) is 14.0. The number of nitrogens with zero attached hydrogens (tertiary/aromatic N) is 1. The number of nitrogens with one attached hydrogen (secondary N) is 1. The standard InChI is InChI=1S/C16H36N2O/c1-7-16(6,12-17-11-14(2)3)13-18(15(4)5)9-8-10-19/h14-15,17,19H,7-13H2,1-6H3. The van der Waals surface area contributed by atoms with Crippen molar-refractivity contribution in [3.63, 3.8) is 0 Å². The first-order chi connectivity index (χ1) is 8.84. The lowest BCUT2D eigenvalue weighted by molar-refractivity contribution is 0.117. The van der Waals surface area contributed by atoms with E-state index in [4.69, 9.17) is 5.11 Å². The SMILES string of the molecule is CCC(C)(CNCC(C)C)CN(CCCO)C(C)C. The van der Waals surface area contributed by atoms with Crippen LogP contribution in [-0.2, 0) is 0 Å². The number of hydrogen-bond donors (Lipinski definition) is 2. The van der Waals surface area contributed by atoms with Crippen molar-refractivity contribution in [1.82, 2.24) is 10.2 Å². The highest BCUT2D eigenvalue weighted by Crippen LogP contribution is 2.23. The molecule has 0 heterocycles. The number of aliphatic hydroxyl groups excluding tert-OH is 1. The summed E-state index contributed by atoms with van der Waals surface area (Å²) in [4.78, 5) is 2.50. The third-order valence-electron chi connectivity index (χ3n) is 3.88. The van der Waals surface area contributed by atoms with Gasteiger partial charge in [0, 0.05) is 32.3 Å². The molecular formula is C16H36N2O. The van der Waals surface area contributed by atoms with Crippen molar-refractivity contribution in [2.75, 3.05) is 32.8 Å². The molecule has 0 aliphatic rings. The topological polar surface area (TPSA) is 35.5 Å². The Bertz CT molecular complexity index is 219. The maximum Gasteiger partial charge on any atom is 0.0443 e. The first-order valence-electron chi connectivity index (χ1n) is 7.90. The molecule has 0 amide bonds. The molecule has 1 atom stereocenters. The summed E-state index contributed by atoms with van der Waals surface area (Å²) >= 11 is 0. The molecule has 3 heteroatoms. The molecule has 116 valence electrons. The molecule has 0 aromatic heterocycles. The van der Waals surface area contributed by atoms with Crippen LogP contribution in [-0.4, -0.2) is 48.8 Å². The van der Waals surface area contributed by atoms with E-state index in [2.05, 4.69) is 51.8 Å². The lowest BCUT2D eigenvalue weighted by atomic mass is 9.86. The second-order valence-electron chi connectivity index (χ2n) is 6.83. The van der Waals surface area contributed by atoms with E-state index in [1.54, 1.807) is 0 Å². The molecule has 0 saturated carbocycles. The molecular weight excluding hydrogens is 236 g/mol. The van der Waals surface area contributed by atoms with Crippen molar-refractivity contribution in [3.8, 4) is 0 Å². The van der Waals surface area contributed by atoms with Crippen molar-refractivity contribution >= 4 is 0 Å². The Kier molecular flexibility index (Phi) is 9.67. The first-order valence-corrected chi connectivity index (χ1v) is 7.90. The summed E-state index contributed by atoms with van der Waals surface area (Å²) in [6.45, 7) is 18.2. The lowest BCUT2D eigenvalue weighted by Gasteiger charge is -2.37. The summed E-state index contributed by atoms with van der Waals surface area (Å²) in [5, 5.41) is 12.6. The summed E-state index contributed by atoms with van der Waals surface area (Å²) < 4.78 is 0. The van der Waals surface area contributed by atoms with Gasteiger partial charge in [-0.15, -0.1) is 0 Å². The van der Waals surface area contributed by atoms with Gasteiger partial charge in [-0.05, 0) is 44.6 Å². The van der Waals surface area contributed by atoms with Gasteiger partial charge in [0.15, 0.2) is 0 Å². The molecule has 0 aromatic rings. The largest absolute Gasteiger partial charge is 0.396 e. The van der Waals surface area contributed by atoms with Crippen LogP contribution in [0.3, 0.4) is 0 Å². The van der Waals surface area contributed by atoms with Crippen LogP contribution in [0.2, 0.25) is 0 Å². The van der Waals surface area contributed by atoms with Gasteiger partial charge in [-0.25, -0.2) is 0 Å². The van der Waals surface area contributed by atoms with Crippen LogP contribution in [0, 0.1) is 11.3 Å². The third-order valence-corrected chi connectivity index (χ3v) is 3.88. The summed E-state index contributed by atoms with van der Waals surface area (Å²) in [5.41, 5.74) is 0.314. The fraction of sp³-hybridized carbons (Fsp3) is 1.00. The summed E-state index contributed by atoms with van der Waals surface area (Å²) in [5.74, 6) is 0.705. The Labute approximate surface area is 120 Å². The Balaban J connectivity index is 4.36. The van der Waals surface area contributed by atoms with Gasteiger partial charge in [0.25, 0.3) is 0 Å². The minimum Gasteiger partial charge on any atom is -0.396 e. The molecule has 0 rings (SSSR count). The van der Waals surface area contributed by atoms with Crippen LogP contribution in [0.4, 0.5) is 0 Å². The van der Waals surface area contributed by atoms with Gasteiger partial charge >= 0.3 is 0 Å². The van der Waals surface area contributed by atoms with Crippen molar-refractivity contribution in [3.05, 3.63) is 0 Å². The van der Waals surface area contributed by atoms with Gasteiger partial charge in [0.1, 0.15) is 0 Å². The average Bonchev–Trinajstić information content (AvgIpc) is 2.33. The van der Waals surface area contributed by atoms with Gasteiger partial charge in [-0.2, -0.15) is 0 Å². The van der Waals surface area contributed by atoms with Crippen LogP contribution in [0.15, 0.2) is 0 Å². The Hall–Kier alpha value is -0.120. The van der Waals surface area contributed by atoms with Gasteiger partial charge < -0.3 is 15.3 Å². The average molecular weight is 272 g/mol. The highest BCUT2D eigenvalue weighted by Gasteiger charge is 2.26. The van der Waals surface area contributed by atoms with Crippen molar-refractivity contribution in [2.24, 2.45) is 11.3 Å².